The summed E-state index contributed by atoms with van der Waals surface area (Å²) in [5.41, 5.74) is 1.34. The van der Waals surface area contributed by atoms with Crippen molar-refractivity contribution in [1.29, 1.82) is 0 Å². The highest BCUT2D eigenvalue weighted by Gasteiger charge is 2.14. The molecule has 0 bridgehead atoms. The van der Waals surface area contributed by atoms with Crippen molar-refractivity contribution in [2.24, 2.45) is 5.41 Å². The van der Waals surface area contributed by atoms with Crippen molar-refractivity contribution in [3.8, 4) is 0 Å². The highest BCUT2D eigenvalue weighted by molar-refractivity contribution is 9.10. The van der Waals surface area contributed by atoms with E-state index in [9.17, 15) is 0 Å². The second-order valence-electron chi connectivity index (χ2n) is 4.64. The zero-order chi connectivity index (χ0) is 11.5. The molecule has 0 aliphatic heterocycles. The first-order valence-electron chi connectivity index (χ1n) is 5.31. The van der Waals surface area contributed by atoms with Gasteiger partial charge < -0.3 is 5.32 Å². The highest BCUT2D eigenvalue weighted by atomic mass is 79.9. The van der Waals surface area contributed by atoms with E-state index in [0.717, 1.165) is 29.0 Å². The monoisotopic (exact) mass is 270 g/mol. The molecule has 0 atom stereocenters. The van der Waals surface area contributed by atoms with Gasteiger partial charge in [0, 0.05) is 11.0 Å². The number of nitrogens with one attached hydrogen (secondary N) is 1. The maximum atomic E-state index is 4.45. The molecule has 0 unspecified atom stereocenters. The molecule has 0 aliphatic rings. The second kappa shape index (κ2) is 4.97. The van der Waals surface area contributed by atoms with Crippen molar-refractivity contribution >= 4 is 21.7 Å². The standard InChI is InChI=1S/C12H19BrN2/c1-5-12(3,4)8-14-11-7-6-10(13)9(2)15-11/h6-7H,5,8H2,1-4H3,(H,14,15). The van der Waals surface area contributed by atoms with E-state index in [1.165, 1.54) is 0 Å². The number of hydrogen-bond acceptors (Lipinski definition) is 2. The molecule has 0 spiro atoms. The molecule has 1 rings (SSSR count). The van der Waals surface area contributed by atoms with Gasteiger partial charge in [-0.2, -0.15) is 0 Å². The Labute approximate surface area is 101 Å². The van der Waals surface area contributed by atoms with Crippen LogP contribution in [0.3, 0.4) is 0 Å². The Bertz CT molecular complexity index is 334. The zero-order valence-corrected chi connectivity index (χ0v) is 11.5. The van der Waals surface area contributed by atoms with E-state index in [2.05, 4.69) is 47.0 Å². The smallest absolute Gasteiger partial charge is 0.126 e. The molecular weight excluding hydrogens is 252 g/mol. The Kier molecular flexibility index (Phi) is 4.14. The van der Waals surface area contributed by atoms with Gasteiger partial charge in [-0.3, -0.25) is 0 Å². The van der Waals surface area contributed by atoms with Gasteiger partial charge in [0.05, 0.1) is 5.69 Å². The van der Waals surface area contributed by atoms with E-state index in [1.54, 1.807) is 0 Å². The van der Waals surface area contributed by atoms with Gasteiger partial charge in [-0.15, -0.1) is 0 Å². The van der Waals surface area contributed by atoms with E-state index < -0.39 is 0 Å². The number of halogens is 1. The van der Waals surface area contributed by atoms with Gasteiger partial charge in [-0.25, -0.2) is 4.98 Å². The minimum Gasteiger partial charge on any atom is -0.370 e. The average Bonchev–Trinajstić information content (AvgIpc) is 2.20. The van der Waals surface area contributed by atoms with Crippen molar-refractivity contribution in [2.45, 2.75) is 34.1 Å². The van der Waals surface area contributed by atoms with Gasteiger partial charge in [-0.05, 0) is 46.8 Å². The Balaban J connectivity index is 2.62. The van der Waals surface area contributed by atoms with Crippen LogP contribution in [0.25, 0.3) is 0 Å². The van der Waals surface area contributed by atoms with Gasteiger partial charge in [0.1, 0.15) is 5.82 Å². The molecule has 1 aromatic rings. The Morgan fingerprint density at radius 2 is 2.07 bits per heavy atom. The van der Waals surface area contributed by atoms with Crippen LogP contribution in [0, 0.1) is 12.3 Å². The maximum Gasteiger partial charge on any atom is 0.126 e. The molecule has 0 radical (unpaired) electrons. The minimum absolute atomic E-state index is 0.322. The first kappa shape index (κ1) is 12.5. The molecule has 0 aliphatic carbocycles. The number of pyridine rings is 1. The molecule has 1 heterocycles. The third kappa shape index (κ3) is 3.82. The van der Waals surface area contributed by atoms with Crippen LogP contribution in [0.4, 0.5) is 5.82 Å². The van der Waals surface area contributed by atoms with E-state index in [-0.39, 0.29) is 0 Å². The van der Waals surface area contributed by atoms with Gasteiger partial charge in [0.2, 0.25) is 0 Å². The fraction of sp³-hybridized carbons (Fsp3) is 0.583. The third-order valence-corrected chi connectivity index (χ3v) is 3.56. The normalized spacial score (nSPS) is 11.5. The Hall–Kier alpha value is -0.570. The quantitative estimate of drug-likeness (QED) is 0.895. The minimum atomic E-state index is 0.322. The van der Waals surface area contributed by atoms with Crippen LogP contribution in [0.1, 0.15) is 32.9 Å². The summed E-state index contributed by atoms with van der Waals surface area (Å²) in [5.74, 6) is 0.956. The van der Waals surface area contributed by atoms with Crippen molar-refractivity contribution in [3.05, 3.63) is 22.3 Å². The SMILES string of the molecule is CCC(C)(C)CNc1ccc(Br)c(C)n1. The van der Waals surface area contributed by atoms with Crippen LogP contribution in [-0.4, -0.2) is 11.5 Å². The summed E-state index contributed by atoms with van der Waals surface area (Å²) in [6, 6.07) is 4.03. The van der Waals surface area contributed by atoms with E-state index in [0.29, 0.717) is 5.41 Å². The van der Waals surface area contributed by atoms with Crippen molar-refractivity contribution in [3.63, 3.8) is 0 Å². The molecule has 3 heteroatoms. The highest BCUT2D eigenvalue weighted by Crippen LogP contribution is 2.21. The van der Waals surface area contributed by atoms with Crippen LogP contribution in [-0.2, 0) is 0 Å². The fourth-order valence-electron chi connectivity index (χ4n) is 1.10. The third-order valence-electron chi connectivity index (χ3n) is 2.73. The van der Waals surface area contributed by atoms with Crippen LogP contribution >= 0.6 is 15.9 Å². The lowest BCUT2D eigenvalue weighted by Gasteiger charge is -2.23. The summed E-state index contributed by atoms with van der Waals surface area (Å²) in [4.78, 5) is 4.45. The molecule has 15 heavy (non-hydrogen) atoms. The molecule has 0 saturated carbocycles. The van der Waals surface area contributed by atoms with Gasteiger partial charge in [0.15, 0.2) is 0 Å². The lowest BCUT2D eigenvalue weighted by Crippen LogP contribution is -2.22. The summed E-state index contributed by atoms with van der Waals surface area (Å²) in [5, 5.41) is 3.37. The number of hydrogen-bond donors (Lipinski definition) is 1. The summed E-state index contributed by atoms with van der Waals surface area (Å²) in [6.07, 6.45) is 1.16. The Morgan fingerprint density at radius 3 is 2.60 bits per heavy atom. The molecular formula is C12H19BrN2. The van der Waals surface area contributed by atoms with Crippen LogP contribution < -0.4 is 5.32 Å². The lowest BCUT2D eigenvalue weighted by atomic mass is 9.90. The van der Waals surface area contributed by atoms with E-state index in [4.69, 9.17) is 0 Å². The number of aromatic nitrogens is 1. The second-order valence-corrected chi connectivity index (χ2v) is 5.49. The zero-order valence-electron chi connectivity index (χ0n) is 9.89. The van der Waals surface area contributed by atoms with Gasteiger partial charge >= 0.3 is 0 Å². The molecule has 2 nitrogen and oxygen atoms in total. The van der Waals surface area contributed by atoms with Gasteiger partial charge in [0.25, 0.3) is 0 Å². The number of anilines is 1. The largest absolute Gasteiger partial charge is 0.370 e. The van der Waals surface area contributed by atoms with Gasteiger partial charge in [-0.1, -0.05) is 20.8 Å². The molecule has 84 valence electrons. The molecule has 0 aromatic carbocycles. The number of rotatable bonds is 4. The first-order chi connectivity index (χ1) is 6.94. The van der Waals surface area contributed by atoms with Crippen molar-refractivity contribution in [2.75, 3.05) is 11.9 Å². The maximum absolute atomic E-state index is 4.45. The van der Waals surface area contributed by atoms with Crippen LogP contribution in [0.15, 0.2) is 16.6 Å². The topological polar surface area (TPSA) is 24.9 Å². The van der Waals surface area contributed by atoms with Crippen molar-refractivity contribution < 1.29 is 0 Å². The molecule has 0 fully saturated rings. The van der Waals surface area contributed by atoms with E-state index in [1.807, 2.05) is 19.1 Å². The molecule has 1 aromatic heterocycles. The van der Waals surface area contributed by atoms with Crippen LogP contribution in [0.5, 0.6) is 0 Å². The number of nitrogens with zero attached hydrogens (tertiary/aromatic N) is 1. The Morgan fingerprint density at radius 1 is 1.40 bits per heavy atom. The summed E-state index contributed by atoms with van der Waals surface area (Å²) < 4.78 is 1.06. The molecule has 0 saturated heterocycles. The summed E-state index contributed by atoms with van der Waals surface area (Å²) in [7, 11) is 0. The van der Waals surface area contributed by atoms with Crippen LogP contribution in [0.2, 0.25) is 0 Å². The van der Waals surface area contributed by atoms with E-state index >= 15 is 0 Å². The summed E-state index contributed by atoms with van der Waals surface area (Å²) >= 11 is 3.44. The molecule has 0 amide bonds. The molecule has 1 N–H and O–H groups in total. The fourth-order valence-corrected chi connectivity index (χ4v) is 1.32. The predicted octanol–water partition coefficient (Wildman–Crippen LogP) is 4.00. The first-order valence-corrected chi connectivity index (χ1v) is 6.11. The van der Waals surface area contributed by atoms with Crippen molar-refractivity contribution in [1.82, 2.24) is 4.98 Å². The predicted molar refractivity (Wildman–Crippen MR) is 69.2 cm³/mol. The average molecular weight is 271 g/mol. The summed E-state index contributed by atoms with van der Waals surface area (Å²) in [6.45, 7) is 9.68. The lowest BCUT2D eigenvalue weighted by molar-refractivity contribution is 0.376. The number of aryl methyl sites for hydroxylation is 1.